The average Bonchev–Trinajstić information content (AvgIpc) is 3.16. The summed E-state index contributed by atoms with van der Waals surface area (Å²) in [6, 6.07) is 5.24. The van der Waals surface area contributed by atoms with Gasteiger partial charge in [0, 0.05) is 17.8 Å². The summed E-state index contributed by atoms with van der Waals surface area (Å²) in [6.45, 7) is 4.14. The van der Waals surface area contributed by atoms with Crippen LogP contribution in [0, 0.1) is 19.7 Å². The minimum absolute atomic E-state index is 0.114. The third-order valence-corrected chi connectivity index (χ3v) is 4.70. The van der Waals surface area contributed by atoms with Crippen molar-refractivity contribution in [3.63, 3.8) is 0 Å². The summed E-state index contributed by atoms with van der Waals surface area (Å²) in [7, 11) is 0. The Bertz CT molecular complexity index is 814. The van der Waals surface area contributed by atoms with Crippen molar-refractivity contribution < 1.29 is 19.1 Å². The van der Waals surface area contributed by atoms with Gasteiger partial charge in [-0.2, -0.15) is 5.10 Å². The van der Waals surface area contributed by atoms with Crippen molar-refractivity contribution in [2.75, 3.05) is 6.54 Å². The number of carboxylic acid groups (broad SMARTS) is 1. The Kier molecular flexibility index (Phi) is 4.57. The first-order chi connectivity index (χ1) is 11.9. The van der Waals surface area contributed by atoms with E-state index in [4.69, 9.17) is 0 Å². The van der Waals surface area contributed by atoms with Gasteiger partial charge >= 0.3 is 5.97 Å². The van der Waals surface area contributed by atoms with Crippen molar-refractivity contribution in [3.05, 3.63) is 47.0 Å². The van der Waals surface area contributed by atoms with Gasteiger partial charge in [0.2, 0.25) is 5.91 Å². The van der Waals surface area contributed by atoms with E-state index in [1.807, 2.05) is 13.8 Å². The highest BCUT2D eigenvalue weighted by Crippen LogP contribution is 2.22. The summed E-state index contributed by atoms with van der Waals surface area (Å²) >= 11 is 0. The van der Waals surface area contributed by atoms with E-state index in [1.54, 1.807) is 16.8 Å². The zero-order valence-corrected chi connectivity index (χ0v) is 14.2. The second kappa shape index (κ2) is 6.66. The first-order valence-electron chi connectivity index (χ1n) is 8.22. The van der Waals surface area contributed by atoms with Gasteiger partial charge in [0.25, 0.3) is 0 Å². The van der Waals surface area contributed by atoms with E-state index in [0.29, 0.717) is 30.8 Å². The van der Waals surface area contributed by atoms with Gasteiger partial charge < -0.3 is 10.0 Å². The zero-order valence-electron chi connectivity index (χ0n) is 14.2. The maximum atomic E-state index is 13.1. The highest BCUT2D eigenvalue weighted by molar-refractivity contribution is 5.85. The topological polar surface area (TPSA) is 75.4 Å². The molecule has 0 radical (unpaired) electrons. The lowest BCUT2D eigenvalue weighted by atomic mass is 10.1. The first-order valence-corrected chi connectivity index (χ1v) is 8.22. The molecule has 6 nitrogen and oxygen atoms in total. The van der Waals surface area contributed by atoms with Gasteiger partial charge in [-0.1, -0.05) is 0 Å². The summed E-state index contributed by atoms with van der Waals surface area (Å²) in [6.07, 6.45) is 1.31. The molecule has 1 atom stereocenters. The van der Waals surface area contributed by atoms with Crippen molar-refractivity contribution in [2.45, 2.75) is 39.2 Å². The Labute approximate surface area is 144 Å². The van der Waals surface area contributed by atoms with E-state index in [-0.39, 0.29) is 18.1 Å². The number of nitrogens with zero attached hydrogens (tertiary/aromatic N) is 3. The number of aromatic nitrogens is 2. The lowest BCUT2D eigenvalue weighted by molar-refractivity contribution is -0.148. The zero-order chi connectivity index (χ0) is 18.1. The molecule has 1 fully saturated rings. The monoisotopic (exact) mass is 345 g/mol. The van der Waals surface area contributed by atoms with Crippen LogP contribution in [0.4, 0.5) is 4.39 Å². The molecule has 2 heterocycles. The van der Waals surface area contributed by atoms with Crippen molar-refractivity contribution in [1.29, 1.82) is 0 Å². The first kappa shape index (κ1) is 17.1. The number of benzene rings is 1. The number of hydrogen-bond donors (Lipinski definition) is 1. The number of carbonyl (C=O) groups excluding carboxylic acids is 1. The largest absolute Gasteiger partial charge is 0.480 e. The number of carbonyl (C=O) groups is 2. The van der Waals surface area contributed by atoms with E-state index >= 15 is 0 Å². The molecule has 1 aromatic carbocycles. The van der Waals surface area contributed by atoms with Crippen LogP contribution in [-0.4, -0.2) is 44.3 Å². The van der Waals surface area contributed by atoms with Crippen molar-refractivity contribution in [2.24, 2.45) is 0 Å². The molecule has 1 aliphatic heterocycles. The Morgan fingerprint density at radius 2 is 1.96 bits per heavy atom. The molecule has 0 aliphatic carbocycles. The van der Waals surface area contributed by atoms with E-state index < -0.39 is 12.0 Å². The van der Waals surface area contributed by atoms with Gasteiger partial charge in [-0.15, -0.1) is 0 Å². The fourth-order valence-corrected chi connectivity index (χ4v) is 3.34. The SMILES string of the molecule is Cc1nn(-c2ccc(F)cc2)c(C)c1CC(=O)N1CCCC1C(=O)O. The van der Waals surface area contributed by atoms with Gasteiger partial charge in [-0.05, 0) is 51.0 Å². The van der Waals surface area contributed by atoms with Crippen molar-refractivity contribution in [1.82, 2.24) is 14.7 Å². The summed E-state index contributed by atoms with van der Waals surface area (Å²) in [5.41, 5.74) is 3.00. The van der Waals surface area contributed by atoms with Gasteiger partial charge in [-0.3, -0.25) is 4.79 Å². The molecule has 0 spiro atoms. The molecule has 0 bridgehead atoms. The Balaban J connectivity index is 1.85. The molecule has 1 unspecified atom stereocenters. The molecular weight excluding hydrogens is 325 g/mol. The summed E-state index contributed by atoms with van der Waals surface area (Å²) in [4.78, 5) is 25.3. The fourth-order valence-electron chi connectivity index (χ4n) is 3.34. The van der Waals surface area contributed by atoms with Crippen LogP contribution in [0.1, 0.15) is 29.8 Å². The molecule has 1 saturated heterocycles. The van der Waals surface area contributed by atoms with Gasteiger partial charge in [0.15, 0.2) is 0 Å². The molecule has 2 aromatic rings. The van der Waals surface area contributed by atoms with E-state index in [2.05, 4.69) is 5.10 Å². The lowest BCUT2D eigenvalue weighted by Gasteiger charge is -2.21. The Morgan fingerprint density at radius 3 is 2.60 bits per heavy atom. The van der Waals surface area contributed by atoms with Crippen LogP contribution < -0.4 is 0 Å². The normalized spacial score (nSPS) is 17.1. The summed E-state index contributed by atoms with van der Waals surface area (Å²) < 4.78 is 14.8. The second-order valence-corrected chi connectivity index (χ2v) is 6.30. The van der Waals surface area contributed by atoms with Crippen LogP contribution in [0.15, 0.2) is 24.3 Å². The minimum atomic E-state index is -0.957. The third-order valence-electron chi connectivity index (χ3n) is 4.70. The van der Waals surface area contributed by atoms with Crippen LogP contribution in [0.5, 0.6) is 0 Å². The van der Waals surface area contributed by atoms with Gasteiger partial charge in [0.05, 0.1) is 17.8 Å². The molecule has 3 rings (SSSR count). The summed E-state index contributed by atoms with van der Waals surface area (Å²) in [5, 5.41) is 13.7. The minimum Gasteiger partial charge on any atom is -0.480 e. The van der Waals surface area contributed by atoms with Crippen LogP contribution in [-0.2, 0) is 16.0 Å². The highest BCUT2D eigenvalue weighted by atomic mass is 19.1. The highest BCUT2D eigenvalue weighted by Gasteiger charge is 2.34. The number of hydrogen-bond acceptors (Lipinski definition) is 3. The van der Waals surface area contributed by atoms with E-state index in [9.17, 15) is 19.1 Å². The van der Waals surface area contributed by atoms with E-state index in [1.165, 1.54) is 17.0 Å². The smallest absolute Gasteiger partial charge is 0.326 e. The van der Waals surface area contributed by atoms with Gasteiger partial charge in [0.1, 0.15) is 11.9 Å². The quantitative estimate of drug-likeness (QED) is 0.922. The molecule has 132 valence electrons. The molecule has 1 amide bonds. The van der Waals surface area contributed by atoms with Crippen LogP contribution in [0.25, 0.3) is 5.69 Å². The van der Waals surface area contributed by atoms with Crippen LogP contribution in [0.3, 0.4) is 0 Å². The van der Waals surface area contributed by atoms with Crippen molar-refractivity contribution >= 4 is 11.9 Å². The number of halogens is 1. The van der Waals surface area contributed by atoms with Gasteiger partial charge in [-0.25, -0.2) is 13.9 Å². The Hall–Kier alpha value is -2.70. The lowest BCUT2D eigenvalue weighted by Crippen LogP contribution is -2.41. The van der Waals surface area contributed by atoms with Crippen LogP contribution in [0.2, 0.25) is 0 Å². The maximum absolute atomic E-state index is 13.1. The third kappa shape index (κ3) is 3.26. The number of rotatable bonds is 4. The number of amides is 1. The molecule has 1 aromatic heterocycles. The molecule has 25 heavy (non-hydrogen) atoms. The van der Waals surface area contributed by atoms with E-state index in [0.717, 1.165) is 11.3 Å². The predicted molar refractivity (Wildman–Crippen MR) is 89.1 cm³/mol. The fraction of sp³-hybridized carbons (Fsp3) is 0.389. The number of likely N-dealkylation sites (tertiary alicyclic amines) is 1. The molecule has 7 heteroatoms. The maximum Gasteiger partial charge on any atom is 0.326 e. The predicted octanol–water partition coefficient (Wildman–Crippen LogP) is 2.25. The standard InChI is InChI=1S/C18H20FN3O3/c1-11-15(10-17(23)21-9-3-4-16(21)18(24)25)12(2)22(20-11)14-7-5-13(19)6-8-14/h5-8,16H,3-4,9-10H2,1-2H3,(H,24,25). The van der Waals surface area contributed by atoms with Crippen LogP contribution >= 0.6 is 0 Å². The summed E-state index contributed by atoms with van der Waals surface area (Å²) in [5.74, 6) is -1.48. The second-order valence-electron chi connectivity index (χ2n) is 6.30. The van der Waals surface area contributed by atoms with Crippen molar-refractivity contribution in [3.8, 4) is 5.69 Å². The molecule has 1 aliphatic rings. The number of aliphatic carboxylic acids is 1. The molecular formula is C18H20FN3O3. The average molecular weight is 345 g/mol. The Morgan fingerprint density at radius 1 is 1.28 bits per heavy atom. The number of aryl methyl sites for hydroxylation is 1. The molecule has 0 saturated carbocycles. The molecule has 1 N–H and O–H groups in total. The number of carboxylic acids is 1.